The molecule has 2 unspecified atom stereocenters. The molecule has 0 saturated carbocycles. The summed E-state index contributed by atoms with van der Waals surface area (Å²) in [7, 11) is 0. The fraction of sp³-hybridized carbons (Fsp3) is 0.500. The predicted octanol–water partition coefficient (Wildman–Crippen LogP) is 2.57. The van der Waals surface area contributed by atoms with Gasteiger partial charge in [0.1, 0.15) is 5.75 Å². The Morgan fingerprint density at radius 1 is 1.50 bits per heavy atom. The molecule has 0 aromatic heterocycles. The Morgan fingerprint density at radius 2 is 2.22 bits per heavy atom. The zero-order chi connectivity index (χ0) is 13.1. The highest BCUT2D eigenvalue weighted by molar-refractivity contribution is 9.09. The zero-order valence-electron chi connectivity index (χ0n) is 10.5. The number of benzene rings is 1. The van der Waals surface area contributed by atoms with Crippen LogP contribution in [0, 0.1) is 5.92 Å². The quantitative estimate of drug-likeness (QED) is 0.853. The van der Waals surface area contributed by atoms with Crippen LogP contribution in [0.3, 0.4) is 0 Å². The van der Waals surface area contributed by atoms with E-state index in [1.807, 2.05) is 11.0 Å². The Kier molecular flexibility index (Phi) is 4.27. The van der Waals surface area contributed by atoms with Crippen molar-refractivity contribution in [3.05, 3.63) is 29.8 Å². The standard InChI is InChI=1S/C14H18BrNO2/c1-10-9-16(7-6-12(10)15)14(18)8-11-4-2-3-5-13(11)17/h2-5,10,12,17H,6-9H2,1H3. The number of carbonyl (C=O) groups is 1. The van der Waals surface area contributed by atoms with Crippen molar-refractivity contribution in [3.63, 3.8) is 0 Å². The van der Waals surface area contributed by atoms with Gasteiger partial charge in [-0.05, 0) is 18.4 Å². The Balaban J connectivity index is 1.99. The predicted molar refractivity (Wildman–Crippen MR) is 74.9 cm³/mol. The molecule has 1 fully saturated rings. The lowest BCUT2D eigenvalue weighted by Crippen LogP contribution is -2.43. The summed E-state index contributed by atoms with van der Waals surface area (Å²) in [6.45, 7) is 3.74. The highest BCUT2D eigenvalue weighted by Gasteiger charge is 2.27. The van der Waals surface area contributed by atoms with Gasteiger partial charge in [-0.2, -0.15) is 0 Å². The highest BCUT2D eigenvalue weighted by Crippen LogP contribution is 2.24. The lowest BCUT2D eigenvalue weighted by atomic mass is 9.99. The summed E-state index contributed by atoms with van der Waals surface area (Å²) in [5, 5.41) is 9.67. The maximum Gasteiger partial charge on any atom is 0.227 e. The van der Waals surface area contributed by atoms with E-state index in [-0.39, 0.29) is 18.1 Å². The number of carbonyl (C=O) groups excluding carboxylic acids is 1. The van der Waals surface area contributed by atoms with Crippen LogP contribution in [0.1, 0.15) is 18.9 Å². The summed E-state index contributed by atoms with van der Waals surface area (Å²) < 4.78 is 0. The number of amides is 1. The number of para-hydroxylation sites is 1. The van der Waals surface area contributed by atoms with Crippen molar-refractivity contribution in [2.45, 2.75) is 24.6 Å². The molecule has 0 radical (unpaired) electrons. The molecule has 1 aliphatic rings. The first-order chi connectivity index (χ1) is 8.58. The van der Waals surface area contributed by atoms with E-state index in [2.05, 4.69) is 22.9 Å². The fourth-order valence-electron chi connectivity index (χ4n) is 2.28. The highest BCUT2D eigenvalue weighted by atomic mass is 79.9. The van der Waals surface area contributed by atoms with Crippen LogP contribution in [-0.2, 0) is 11.2 Å². The molecule has 18 heavy (non-hydrogen) atoms. The Bertz CT molecular complexity index is 436. The second-order valence-electron chi connectivity index (χ2n) is 4.93. The van der Waals surface area contributed by atoms with Crippen molar-refractivity contribution >= 4 is 21.8 Å². The number of phenols is 1. The van der Waals surface area contributed by atoms with Gasteiger partial charge in [-0.15, -0.1) is 0 Å². The van der Waals surface area contributed by atoms with E-state index in [1.165, 1.54) is 0 Å². The van der Waals surface area contributed by atoms with Crippen molar-refractivity contribution in [2.75, 3.05) is 13.1 Å². The van der Waals surface area contributed by atoms with Gasteiger partial charge in [-0.1, -0.05) is 41.1 Å². The maximum atomic E-state index is 12.2. The summed E-state index contributed by atoms with van der Waals surface area (Å²) in [5.41, 5.74) is 0.705. The van der Waals surface area contributed by atoms with Gasteiger partial charge in [0, 0.05) is 23.5 Å². The molecule has 0 aliphatic carbocycles. The number of rotatable bonds is 2. The number of likely N-dealkylation sites (tertiary alicyclic amines) is 1. The van der Waals surface area contributed by atoms with Crippen molar-refractivity contribution < 1.29 is 9.90 Å². The summed E-state index contributed by atoms with van der Waals surface area (Å²) in [4.78, 5) is 14.6. The van der Waals surface area contributed by atoms with Crippen molar-refractivity contribution in [1.29, 1.82) is 0 Å². The van der Waals surface area contributed by atoms with E-state index < -0.39 is 0 Å². The van der Waals surface area contributed by atoms with Crippen LogP contribution in [0.2, 0.25) is 0 Å². The van der Waals surface area contributed by atoms with E-state index in [0.717, 1.165) is 19.5 Å². The van der Waals surface area contributed by atoms with Crippen LogP contribution in [0.5, 0.6) is 5.75 Å². The van der Waals surface area contributed by atoms with Crippen LogP contribution in [0.4, 0.5) is 0 Å². The molecule has 98 valence electrons. The fourth-order valence-corrected chi connectivity index (χ4v) is 2.65. The Labute approximate surface area is 116 Å². The SMILES string of the molecule is CC1CN(C(=O)Cc2ccccc2O)CCC1Br. The first-order valence-corrected chi connectivity index (χ1v) is 7.18. The molecule has 3 nitrogen and oxygen atoms in total. The maximum absolute atomic E-state index is 12.2. The van der Waals surface area contributed by atoms with E-state index in [0.29, 0.717) is 16.3 Å². The minimum absolute atomic E-state index is 0.0998. The lowest BCUT2D eigenvalue weighted by molar-refractivity contribution is -0.132. The van der Waals surface area contributed by atoms with Crippen molar-refractivity contribution in [3.8, 4) is 5.75 Å². The lowest BCUT2D eigenvalue weighted by Gasteiger charge is -2.34. The molecule has 1 heterocycles. The van der Waals surface area contributed by atoms with E-state index in [9.17, 15) is 9.90 Å². The molecular weight excluding hydrogens is 294 g/mol. The van der Waals surface area contributed by atoms with Crippen LogP contribution in [-0.4, -0.2) is 33.8 Å². The van der Waals surface area contributed by atoms with Crippen molar-refractivity contribution in [1.82, 2.24) is 4.90 Å². The average molecular weight is 312 g/mol. The Hall–Kier alpha value is -1.03. The molecule has 0 spiro atoms. The minimum atomic E-state index is 0.0998. The average Bonchev–Trinajstić information content (AvgIpc) is 2.35. The third kappa shape index (κ3) is 3.05. The van der Waals surface area contributed by atoms with Gasteiger partial charge in [-0.25, -0.2) is 0 Å². The zero-order valence-corrected chi connectivity index (χ0v) is 12.1. The third-order valence-electron chi connectivity index (χ3n) is 3.49. The van der Waals surface area contributed by atoms with Gasteiger partial charge in [0.2, 0.25) is 5.91 Å². The number of hydrogen-bond acceptors (Lipinski definition) is 2. The first-order valence-electron chi connectivity index (χ1n) is 6.26. The van der Waals surface area contributed by atoms with E-state index in [1.54, 1.807) is 18.2 Å². The molecule has 1 aromatic carbocycles. The smallest absolute Gasteiger partial charge is 0.227 e. The third-order valence-corrected chi connectivity index (χ3v) is 4.85. The number of halogens is 1. The van der Waals surface area contributed by atoms with Gasteiger partial charge in [-0.3, -0.25) is 4.79 Å². The van der Waals surface area contributed by atoms with Crippen LogP contribution >= 0.6 is 15.9 Å². The summed E-state index contributed by atoms with van der Waals surface area (Å²) in [5.74, 6) is 0.782. The molecule has 1 N–H and O–H groups in total. The second-order valence-corrected chi connectivity index (χ2v) is 6.10. The monoisotopic (exact) mass is 311 g/mol. The number of nitrogens with zero attached hydrogens (tertiary/aromatic N) is 1. The molecule has 2 atom stereocenters. The molecule has 0 bridgehead atoms. The van der Waals surface area contributed by atoms with Crippen LogP contribution < -0.4 is 0 Å². The minimum Gasteiger partial charge on any atom is -0.508 e. The summed E-state index contributed by atoms with van der Waals surface area (Å²) >= 11 is 3.63. The Morgan fingerprint density at radius 3 is 2.89 bits per heavy atom. The molecule has 1 saturated heterocycles. The van der Waals surface area contributed by atoms with Crippen LogP contribution in [0.25, 0.3) is 0 Å². The number of aromatic hydroxyl groups is 1. The van der Waals surface area contributed by atoms with Gasteiger partial charge in [0.25, 0.3) is 0 Å². The van der Waals surface area contributed by atoms with E-state index in [4.69, 9.17) is 0 Å². The first kappa shape index (κ1) is 13.4. The summed E-state index contributed by atoms with van der Waals surface area (Å²) in [6, 6.07) is 7.03. The molecular formula is C14H18BrNO2. The van der Waals surface area contributed by atoms with Gasteiger partial charge >= 0.3 is 0 Å². The molecule has 2 rings (SSSR count). The van der Waals surface area contributed by atoms with E-state index >= 15 is 0 Å². The molecule has 1 amide bonds. The van der Waals surface area contributed by atoms with Gasteiger partial charge in [0.05, 0.1) is 6.42 Å². The van der Waals surface area contributed by atoms with Gasteiger partial charge in [0.15, 0.2) is 0 Å². The number of phenolic OH excluding ortho intramolecular Hbond substituents is 1. The summed E-state index contributed by atoms with van der Waals surface area (Å²) in [6.07, 6.45) is 1.28. The normalized spacial score (nSPS) is 24.0. The molecule has 1 aliphatic heterocycles. The topological polar surface area (TPSA) is 40.5 Å². The largest absolute Gasteiger partial charge is 0.508 e. The van der Waals surface area contributed by atoms with Crippen LogP contribution in [0.15, 0.2) is 24.3 Å². The van der Waals surface area contributed by atoms with Gasteiger partial charge < -0.3 is 10.0 Å². The van der Waals surface area contributed by atoms with Crippen molar-refractivity contribution in [2.24, 2.45) is 5.92 Å². The number of piperidine rings is 1. The number of alkyl halides is 1. The second kappa shape index (κ2) is 5.74. The molecule has 4 heteroatoms. The molecule has 1 aromatic rings. The number of hydrogen-bond donors (Lipinski definition) is 1.